The maximum absolute atomic E-state index is 13.4. The zero-order chi connectivity index (χ0) is 39.2. The lowest BCUT2D eigenvalue weighted by atomic mass is 9.80. The predicted octanol–water partition coefficient (Wildman–Crippen LogP) is 4.31. The minimum atomic E-state index is -1.29. The van der Waals surface area contributed by atoms with Crippen molar-refractivity contribution in [3.05, 3.63) is 23.8 Å². The highest BCUT2D eigenvalue weighted by Crippen LogP contribution is 2.32. The minimum absolute atomic E-state index is 0.00509. The van der Waals surface area contributed by atoms with Crippen LogP contribution in [0.3, 0.4) is 0 Å². The monoisotopic (exact) mass is 750 g/mol. The average Bonchev–Trinajstić information content (AvgIpc) is 3.06. The van der Waals surface area contributed by atoms with Gasteiger partial charge < -0.3 is 39.1 Å². The summed E-state index contributed by atoms with van der Waals surface area (Å²) in [7, 11) is 3.15. The van der Waals surface area contributed by atoms with Gasteiger partial charge in [0.1, 0.15) is 6.10 Å². The van der Waals surface area contributed by atoms with E-state index in [9.17, 15) is 14.4 Å². The van der Waals surface area contributed by atoms with Crippen LogP contribution in [0.1, 0.15) is 66.4 Å². The number of nitrogens with zero attached hydrogens (tertiary/aromatic N) is 2. The van der Waals surface area contributed by atoms with Crippen molar-refractivity contribution in [3.63, 3.8) is 0 Å². The van der Waals surface area contributed by atoms with Gasteiger partial charge in [-0.3, -0.25) is 25.6 Å². The van der Waals surface area contributed by atoms with Crippen LogP contribution in [0.15, 0.2) is 18.2 Å². The first kappa shape index (κ1) is 46.5. The number of alkyl carbamates (subject to hydrolysis) is 1. The molecule has 4 atom stereocenters. The molecule has 0 radical (unpaired) electrons. The molecule has 0 aliphatic rings. The van der Waals surface area contributed by atoms with Crippen LogP contribution in [0.5, 0.6) is 11.5 Å². The van der Waals surface area contributed by atoms with Gasteiger partial charge in [-0.05, 0) is 60.6 Å². The number of carbonyl (C=O) groups is 3. The standard InChI is InChI=1S/C33H58N4O15/c1-21(2)18-34-31(38)26(23(5)6)17-29(52-33(40)49-20-51-37(43)44)27(35-32(39)48-19-50-36(41)42)16-25(22(3)4)14-24-10-11-28(46-8)30(15-24)47-13-9-12-45-7/h10-11,15,21-23,25-27,29,41-44H,9,12-14,16-20H2,1-8H3,(H,34,38)(H,35,39). The lowest BCUT2D eigenvalue weighted by Gasteiger charge is -2.34. The zero-order valence-corrected chi connectivity index (χ0v) is 31.3. The fraction of sp³-hybridized carbons (Fsp3) is 0.727. The van der Waals surface area contributed by atoms with E-state index in [4.69, 9.17) is 49.3 Å². The number of methoxy groups -OCH3 is 2. The van der Waals surface area contributed by atoms with Crippen LogP contribution < -0.4 is 20.1 Å². The van der Waals surface area contributed by atoms with Gasteiger partial charge in [0.25, 0.3) is 0 Å². The molecule has 0 fully saturated rings. The summed E-state index contributed by atoms with van der Waals surface area (Å²) in [5.74, 6) is -0.147. The summed E-state index contributed by atoms with van der Waals surface area (Å²) in [6.07, 6.45) is -2.29. The van der Waals surface area contributed by atoms with Gasteiger partial charge in [0.15, 0.2) is 11.5 Å². The van der Waals surface area contributed by atoms with E-state index in [-0.39, 0.29) is 42.4 Å². The van der Waals surface area contributed by atoms with Crippen molar-refractivity contribution in [2.75, 3.05) is 47.6 Å². The van der Waals surface area contributed by atoms with E-state index in [1.165, 1.54) is 0 Å². The molecule has 0 heterocycles. The fourth-order valence-electron chi connectivity index (χ4n) is 5.13. The highest BCUT2D eigenvalue weighted by atomic mass is 17.1. The quantitative estimate of drug-likeness (QED) is 0.0335. The third-order valence-corrected chi connectivity index (χ3v) is 7.99. The van der Waals surface area contributed by atoms with Crippen molar-refractivity contribution in [2.45, 2.75) is 79.4 Å². The van der Waals surface area contributed by atoms with Crippen LogP contribution >= 0.6 is 0 Å². The molecule has 0 saturated carbocycles. The smallest absolute Gasteiger partial charge is 0.493 e. The first-order chi connectivity index (χ1) is 24.6. The summed E-state index contributed by atoms with van der Waals surface area (Å²) in [4.78, 5) is 47.9. The van der Waals surface area contributed by atoms with E-state index in [0.717, 1.165) is 5.56 Å². The Morgan fingerprint density at radius 1 is 0.827 bits per heavy atom. The van der Waals surface area contributed by atoms with Crippen molar-refractivity contribution in [1.29, 1.82) is 0 Å². The van der Waals surface area contributed by atoms with E-state index < -0.39 is 54.7 Å². The highest BCUT2D eigenvalue weighted by Gasteiger charge is 2.36. The lowest BCUT2D eigenvalue weighted by molar-refractivity contribution is -0.504. The molecule has 4 unspecified atom stereocenters. The van der Waals surface area contributed by atoms with Crippen LogP contribution in [-0.2, 0) is 39.8 Å². The van der Waals surface area contributed by atoms with Crippen LogP contribution in [0, 0.1) is 29.6 Å². The Kier molecular flexibility index (Phi) is 22.8. The molecule has 300 valence electrons. The number of hydrogen-bond donors (Lipinski definition) is 6. The molecule has 1 rings (SSSR count). The van der Waals surface area contributed by atoms with Gasteiger partial charge in [-0.25, -0.2) is 19.3 Å². The number of hydrogen-bond acceptors (Lipinski definition) is 17. The Morgan fingerprint density at radius 2 is 1.48 bits per heavy atom. The molecule has 0 spiro atoms. The van der Waals surface area contributed by atoms with Gasteiger partial charge in [0.05, 0.1) is 30.5 Å². The molecule has 1 aromatic carbocycles. The van der Waals surface area contributed by atoms with E-state index >= 15 is 0 Å². The normalized spacial score (nSPS) is 13.9. The van der Waals surface area contributed by atoms with Gasteiger partial charge in [-0.15, -0.1) is 0 Å². The number of nitrogens with one attached hydrogen (secondary N) is 2. The Morgan fingerprint density at radius 3 is 2.04 bits per heavy atom. The first-order valence-electron chi connectivity index (χ1n) is 17.0. The van der Waals surface area contributed by atoms with Crippen molar-refractivity contribution < 1.29 is 73.3 Å². The SMILES string of the molecule is COCCCOc1cc(CC(CC(NC(=O)OCON(O)O)C(CC(C(=O)NCC(C)C)C(C)C)OC(=O)OCON(O)O)C(C)C)ccc1OC. The van der Waals surface area contributed by atoms with Crippen LogP contribution in [0.4, 0.5) is 9.59 Å². The molecule has 19 nitrogen and oxygen atoms in total. The topological polar surface area (TPSA) is 237 Å². The molecule has 2 amide bonds. The first-order valence-corrected chi connectivity index (χ1v) is 17.0. The molecule has 0 aromatic heterocycles. The molecule has 0 saturated heterocycles. The van der Waals surface area contributed by atoms with Gasteiger partial charge in [-0.2, -0.15) is 0 Å². The van der Waals surface area contributed by atoms with Gasteiger partial charge in [0.2, 0.25) is 19.5 Å². The maximum atomic E-state index is 13.4. The molecule has 6 N–H and O–H groups in total. The van der Waals surface area contributed by atoms with E-state index in [0.29, 0.717) is 44.1 Å². The van der Waals surface area contributed by atoms with Gasteiger partial charge in [-0.1, -0.05) is 47.6 Å². The largest absolute Gasteiger partial charge is 0.510 e. The van der Waals surface area contributed by atoms with Gasteiger partial charge in [0, 0.05) is 32.6 Å². The Labute approximate surface area is 304 Å². The number of rotatable bonds is 26. The fourth-order valence-corrected chi connectivity index (χ4v) is 5.13. The minimum Gasteiger partial charge on any atom is -0.493 e. The third kappa shape index (κ3) is 19.3. The number of amides is 2. The molecule has 0 aliphatic heterocycles. The Balaban J connectivity index is 3.55. The number of carbonyl (C=O) groups excluding carboxylic acids is 3. The zero-order valence-electron chi connectivity index (χ0n) is 31.3. The van der Waals surface area contributed by atoms with Crippen LogP contribution in [0.25, 0.3) is 0 Å². The van der Waals surface area contributed by atoms with Crippen LogP contribution in [-0.4, -0.2) is 109 Å². The van der Waals surface area contributed by atoms with Crippen LogP contribution in [0.2, 0.25) is 0 Å². The molecule has 1 aromatic rings. The Hall–Kier alpha value is -3.53. The van der Waals surface area contributed by atoms with E-state index in [1.807, 2.05) is 53.7 Å². The molecule has 19 heteroatoms. The maximum Gasteiger partial charge on any atom is 0.510 e. The lowest BCUT2D eigenvalue weighted by Crippen LogP contribution is -2.49. The second-order valence-electron chi connectivity index (χ2n) is 13.1. The van der Waals surface area contributed by atoms with Crippen molar-refractivity contribution in [2.24, 2.45) is 29.6 Å². The average molecular weight is 751 g/mol. The summed E-state index contributed by atoms with van der Waals surface area (Å²) in [6, 6.07) is 4.55. The third-order valence-electron chi connectivity index (χ3n) is 7.99. The summed E-state index contributed by atoms with van der Waals surface area (Å²) in [5, 5.41) is 39.6. The van der Waals surface area contributed by atoms with Crippen molar-refractivity contribution in [1.82, 2.24) is 21.4 Å². The summed E-state index contributed by atoms with van der Waals surface area (Å²) in [6.45, 7) is 11.1. The number of ether oxygens (including phenoxy) is 6. The molecule has 52 heavy (non-hydrogen) atoms. The molecule has 0 bridgehead atoms. The molecule has 0 aliphatic carbocycles. The Bertz CT molecular complexity index is 1170. The van der Waals surface area contributed by atoms with Crippen molar-refractivity contribution >= 4 is 18.2 Å². The summed E-state index contributed by atoms with van der Waals surface area (Å²) >= 11 is 0. The van der Waals surface area contributed by atoms with E-state index in [1.54, 1.807) is 20.3 Å². The highest BCUT2D eigenvalue weighted by molar-refractivity contribution is 5.79. The second-order valence-corrected chi connectivity index (χ2v) is 13.1. The van der Waals surface area contributed by atoms with Crippen molar-refractivity contribution in [3.8, 4) is 11.5 Å². The van der Waals surface area contributed by atoms with E-state index in [2.05, 4.69) is 20.3 Å². The molecular formula is C33H58N4O15. The summed E-state index contributed by atoms with van der Waals surface area (Å²) in [5.41, 5.74) is 0.890. The number of benzene rings is 1. The summed E-state index contributed by atoms with van der Waals surface area (Å²) < 4.78 is 32.0. The molecular weight excluding hydrogens is 692 g/mol. The second kappa shape index (κ2) is 25.4. The predicted molar refractivity (Wildman–Crippen MR) is 180 cm³/mol. The van der Waals surface area contributed by atoms with Gasteiger partial charge >= 0.3 is 12.2 Å².